The molecule has 0 atom stereocenters. The third-order valence-electron chi connectivity index (χ3n) is 3.78. The molecular formula is C18H22N2O5S. The predicted molar refractivity (Wildman–Crippen MR) is 102 cm³/mol. The summed E-state index contributed by atoms with van der Waals surface area (Å²) in [5.74, 6) is 0.589. The van der Waals surface area contributed by atoms with Gasteiger partial charge in [-0.2, -0.15) is 0 Å². The summed E-state index contributed by atoms with van der Waals surface area (Å²) in [5, 5.41) is 2.78. The molecule has 0 aliphatic rings. The number of benzene rings is 2. The van der Waals surface area contributed by atoms with Crippen LogP contribution in [0.5, 0.6) is 11.5 Å². The molecule has 1 amide bonds. The van der Waals surface area contributed by atoms with Crippen molar-refractivity contribution in [3.63, 3.8) is 0 Å². The number of ether oxygens (including phenoxy) is 2. The molecule has 0 heterocycles. The van der Waals surface area contributed by atoms with Crippen LogP contribution in [0.25, 0.3) is 0 Å². The smallest absolute Gasteiger partial charge is 0.259 e. The molecule has 26 heavy (non-hydrogen) atoms. The molecule has 7 nitrogen and oxygen atoms in total. The molecule has 0 saturated carbocycles. The Labute approximate surface area is 153 Å². The monoisotopic (exact) mass is 378 g/mol. The van der Waals surface area contributed by atoms with Crippen LogP contribution in [-0.4, -0.2) is 34.3 Å². The van der Waals surface area contributed by atoms with Crippen molar-refractivity contribution in [2.45, 2.75) is 13.8 Å². The van der Waals surface area contributed by atoms with Crippen molar-refractivity contribution in [2.75, 3.05) is 30.0 Å². The lowest BCUT2D eigenvalue weighted by Crippen LogP contribution is -2.16. The Bertz CT molecular complexity index is 910. The summed E-state index contributed by atoms with van der Waals surface area (Å²) in [5.41, 5.74) is 2.04. The largest absolute Gasteiger partial charge is 0.497 e. The summed E-state index contributed by atoms with van der Waals surface area (Å²) in [6.45, 7) is 3.32. The lowest BCUT2D eigenvalue weighted by Gasteiger charge is -2.13. The van der Waals surface area contributed by atoms with E-state index in [2.05, 4.69) is 10.0 Å². The molecule has 0 saturated heterocycles. The Morgan fingerprint density at radius 3 is 2.38 bits per heavy atom. The highest BCUT2D eigenvalue weighted by molar-refractivity contribution is 7.92. The molecule has 0 aliphatic heterocycles. The molecule has 0 radical (unpaired) electrons. The number of amides is 1. The van der Waals surface area contributed by atoms with Crippen molar-refractivity contribution in [1.82, 2.24) is 0 Å². The quantitative estimate of drug-likeness (QED) is 0.772. The maximum atomic E-state index is 12.6. The van der Waals surface area contributed by atoms with Gasteiger partial charge >= 0.3 is 0 Å². The number of nitrogens with one attached hydrogen (secondary N) is 2. The van der Waals surface area contributed by atoms with Crippen LogP contribution in [-0.2, 0) is 10.0 Å². The first-order valence-corrected chi connectivity index (χ1v) is 9.59. The highest BCUT2D eigenvalue weighted by atomic mass is 32.2. The van der Waals surface area contributed by atoms with E-state index in [1.165, 1.54) is 14.2 Å². The highest BCUT2D eigenvalue weighted by Gasteiger charge is 2.15. The van der Waals surface area contributed by atoms with Gasteiger partial charge in [0.05, 0.1) is 31.2 Å². The van der Waals surface area contributed by atoms with Gasteiger partial charge < -0.3 is 14.8 Å². The van der Waals surface area contributed by atoms with E-state index in [0.29, 0.717) is 34.0 Å². The summed E-state index contributed by atoms with van der Waals surface area (Å²) in [4.78, 5) is 12.6. The number of aryl methyl sites for hydroxylation is 1. The van der Waals surface area contributed by atoms with Crippen LogP contribution in [0.2, 0.25) is 0 Å². The van der Waals surface area contributed by atoms with Gasteiger partial charge in [0, 0.05) is 5.69 Å². The van der Waals surface area contributed by atoms with E-state index in [0.717, 1.165) is 0 Å². The second-order valence-corrected chi connectivity index (χ2v) is 7.57. The zero-order chi connectivity index (χ0) is 19.3. The van der Waals surface area contributed by atoms with E-state index in [9.17, 15) is 13.2 Å². The molecule has 0 fully saturated rings. The molecule has 0 aliphatic carbocycles. The summed E-state index contributed by atoms with van der Waals surface area (Å²) in [7, 11) is -0.358. The zero-order valence-electron chi connectivity index (χ0n) is 15.1. The number of rotatable bonds is 7. The predicted octanol–water partition coefficient (Wildman–Crippen LogP) is 3.03. The minimum atomic E-state index is -3.36. The van der Waals surface area contributed by atoms with Crippen LogP contribution in [0.15, 0.2) is 36.4 Å². The third-order valence-corrected chi connectivity index (χ3v) is 5.07. The maximum Gasteiger partial charge on any atom is 0.259 e. The Balaban J connectivity index is 2.24. The lowest BCUT2D eigenvalue weighted by atomic mass is 10.1. The van der Waals surface area contributed by atoms with Crippen LogP contribution in [0.3, 0.4) is 0 Å². The molecular weight excluding hydrogens is 356 g/mol. The van der Waals surface area contributed by atoms with Gasteiger partial charge in [-0.15, -0.1) is 0 Å². The van der Waals surface area contributed by atoms with Gasteiger partial charge in [-0.25, -0.2) is 8.42 Å². The van der Waals surface area contributed by atoms with Gasteiger partial charge in [-0.3, -0.25) is 9.52 Å². The number of carbonyl (C=O) groups excluding carboxylic acids is 1. The number of anilines is 2. The van der Waals surface area contributed by atoms with Crippen molar-refractivity contribution >= 4 is 27.3 Å². The summed E-state index contributed by atoms with van der Waals surface area (Å²) in [6.07, 6.45) is 0. The van der Waals surface area contributed by atoms with E-state index >= 15 is 0 Å². The average molecular weight is 378 g/mol. The first-order valence-electron chi connectivity index (χ1n) is 7.94. The first kappa shape index (κ1) is 19.6. The van der Waals surface area contributed by atoms with Crippen molar-refractivity contribution in [3.05, 3.63) is 47.5 Å². The van der Waals surface area contributed by atoms with Gasteiger partial charge in [0.1, 0.15) is 11.5 Å². The van der Waals surface area contributed by atoms with E-state index in [-0.39, 0.29) is 11.7 Å². The van der Waals surface area contributed by atoms with Crippen molar-refractivity contribution in [1.29, 1.82) is 0 Å². The molecule has 140 valence electrons. The van der Waals surface area contributed by atoms with E-state index in [4.69, 9.17) is 9.47 Å². The Morgan fingerprint density at radius 1 is 1.08 bits per heavy atom. The Morgan fingerprint density at radius 2 is 1.81 bits per heavy atom. The van der Waals surface area contributed by atoms with Gasteiger partial charge in [-0.1, -0.05) is 0 Å². The van der Waals surface area contributed by atoms with Gasteiger partial charge in [0.2, 0.25) is 10.0 Å². The van der Waals surface area contributed by atoms with Crippen molar-refractivity contribution < 1.29 is 22.7 Å². The molecule has 2 aromatic rings. The third kappa shape index (κ3) is 4.66. The second-order valence-electron chi connectivity index (χ2n) is 5.56. The van der Waals surface area contributed by atoms with Crippen molar-refractivity contribution in [2.24, 2.45) is 0 Å². The molecule has 8 heteroatoms. The zero-order valence-corrected chi connectivity index (χ0v) is 15.9. The number of hydrogen-bond donors (Lipinski definition) is 2. The van der Waals surface area contributed by atoms with Crippen LogP contribution in [0.4, 0.5) is 11.4 Å². The molecule has 0 unspecified atom stereocenters. The molecule has 0 spiro atoms. The van der Waals surface area contributed by atoms with E-state index in [1.54, 1.807) is 50.2 Å². The topological polar surface area (TPSA) is 93.7 Å². The lowest BCUT2D eigenvalue weighted by molar-refractivity contribution is 0.102. The Kier molecular flexibility index (Phi) is 6.10. The normalized spacial score (nSPS) is 10.9. The fraction of sp³-hybridized carbons (Fsp3) is 0.278. The molecule has 2 aromatic carbocycles. The van der Waals surface area contributed by atoms with Crippen molar-refractivity contribution in [3.8, 4) is 11.5 Å². The highest BCUT2D eigenvalue weighted by Crippen LogP contribution is 2.26. The van der Waals surface area contributed by atoms with E-state index < -0.39 is 10.0 Å². The standard InChI is InChI=1S/C18H22N2O5S/c1-5-26(22,23)20-16-8-6-13(10-12(16)2)19-18(21)15-11-14(24-3)7-9-17(15)25-4/h6-11,20H,5H2,1-4H3,(H,19,21). The SMILES string of the molecule is CCS(=O)(=O)Nc1ccc(NC(=O)c2cc(OC)ccc2OC)cc1C. The van der Waals surface area contributed by atoms with Crippen LogP contribution in [0, 0.1) is 6.92 Å². The minimum Gasteiger partial charge on any atom is -0.497 e. The number of carbonyl (C=O) groups is 1. The average Bonchev–Trinajstić information content (AvgIpc) is 2.63. The maximum absolute atomic E-state index is 12.6. The summed E-state index contributed by atoms with van der Waals surface area (Å²) >= 11 is 0. The fourth-order valence-corrected chi connectivity index (χ4v) is 2.99. The minimum absolute atomic E-state index is 0.0133. The fourth-order valence-electron chi connectivity index (χ4n) is 2.29. The van der Waals surface area contributed by atoms with Gasteiger partial charge in [0.25, 0.3) is 5.91 Å². The first-order chi connectivity index (χ1) is 12.3. The molecule has 2 N–H and O–H groups in total. The number of sulfonamides is 1. The number of hydrogen-bond acceptors (Lipinski definition) is 5. The number of methoxy groups -OCH3 is 2. The summed E-state index contributed by atoms with van der Waals surface area (Å²) in [6, 6.07) is 9.88. The van der Waals surface area contributed by atoms with E-state index in [1.807, 2.05) is 0 Å². The van der Waals surface area contributed by atoms with Crippen LogP contribution < -0.4 is 19.5 Å². The molecule has 2 rings (SSSR count). The van der Waals surface area contributed by atoms with Crippen LogP contribution in [0.1, 0.15) is 22.8 Å². The van der Waals surface area contributed by atoms with Gasteiger partial charge in [0.15, 0.2) is 0 Å². The van der Waals surface area contributed by atoms with Gasteiger partial charge in [-0.05, 0) is 55.8 Å². The molecule has 0 bridgehead atoms. The van der Waals surface area contributed by atoms with Crippen LogP contribution >= 0.6 is 0 Å². The molecule has 0 aromatic heterocycles. The Hall–Kier alpha value is -2.74. The second kappa shape index (κ2) is 8.09. The summed E-state index contributed by atoms with van der Waals surface area (Å²) < 4.78 is 36.3.